The summed E-state index contributed by atoms with van der Waals surface area (Å²) in [7, 11) is 0. The first-order chi connectivity index (χ1) is 9.90. The van der Waals surface area contributed by atoms with E-state index in [1.807, 2.05) is 0 Å². The molecule has 0 aromatic heterocycles. The van der Waals surface area contributed by atoms with E-state index in [1.54, 1.807) is 13.0 Å². The van der Waals surface area contributed by atoms with Crippen LogP contribution in [0.1, 0.15) is 18.6 Å². The molecule has 21 heavy (non-hydrogen) atoms. The topological polar surface area (TPSA) is 72.6 Å². The van der Waals surface area contributed by atoms with E-state index in [2.05, 4.69) is 0 Å². The second kappa shape index (κ2) is 6.30. The van der Waals surface area contributed by atoms with Gasteiger partial charge in [0.15, 0.2) is 0 Å². The average molecular weight is 328 g/mol. The number of aliphatic hydroxyl groups is 1. The maximum Gasteiger partial charge on any atom is 0.313 e. The first-order valence-electron chi connectivity index (χ1n) is 5.98. The van der Waals surface area contributed by atoms with Gasteiger partial charge in [0, 0.05) is 6.07 Å². The van der Waals surface area contributed by atoms with Crippen LogP contribution in [0, 0.1) is 10.1 Å². The quantitative estimate of drug-likeness (QED) is 0.649. The van der Waals surface area contributed by atoms with Crippen LogP contribution in [0.3, 0.4) is 0 Å². The molecule has 0 bridgehead atoms. The summed E-state index contributed by atoms with van der Waals surface area (Å²) in [4.78, 5) is 10.4. The number of para-hydroxylation sites is 1. The van der Waals surface area contributed by atoms with Crippen molar-refractivity contribution in [3.63, 3.8) is 0 Å². The highest BCUT2D eigenvalue weighted by atomic mass is 35.5. The van der Waals surface area contributed by atoms with Crippen LogP contribution >= 0.6 is 23.2 Å². The molecule has 7 heteroatoms. The lowest BCUT2D eigenvalue weighted by molar-refractivity contribution is -0.385. The average Bonchev–Trinajstić information content (AvgIpc) is 2.42. The number of nitro benzene ring substituents is 1. The Balaban J connectivity index is 2.41. The number of nitro groups is 1. The first kappa shape index (κ1) is 15.6. The molecule has 0 aliphatic heterocycles. The summed E-state index contributed by atoms with van der Waals surface area (Å²) < 4.78 is 5.48. The van der Waals surface area contributed by atoms with Crippen LogP contribution in [0.2, 0.25) is 10.0 Å². The highest BCUT2D eigenvalue weighted by Gasteiger charge is 2.20. The predicted molar refractivity (Wildman–Crippen MR) is 80.3 cm³/mol. The molecule has 2 rings (SSSR count). The Kier molecular flexibility index (Phi) is 4.67. The van der Waals surface area contributed by atoms with Gasteiger partial charge in [-0.1, -0.05) is 35.3 Å². The Hall–Kier alpha value is -1.82. The van der Waals surface area contributed by atoms with Crippen LogP contribution in [-0.2, 0) is 0 Å². The van der Waals surface area contributed by atoms with Gasteiger partial charge in [-0.3, -0.25) is 10.1 Å². The number of rotatable bonds is 4. The molecule has 0 amide bonds. The van der Waals surface area contributed by atoms with Gasteiger partial charge in [-0.15, -0.1) is 0 Å². The smallest absolute Gasteiger partial charge is 0.313 e. The van der Waals surface area contributed by atoms with E-state index in [0.29, 0.717) is 5.56 Å². The number of ether oxygens (including phenoxy) is 1. The SMILES string of the molecule is C[C@H](O)c1ccc(Oc2c(Cl)cccc2[N+](=O)[O-])c(Cl)c1. The zero-order valence-corrected chi connectivity index (χ0v) is 12.4. The molecule has 0 radical (unpaired) electrons. The first-order valence-corrected chi connectivity index (χ1v) is 6.74. The summed E-state index contributed by atoms with van der Waals surface area (Å²) in [5.41, 5.74) is 0.360. The Labute approximate surface area is 130 Å². The van der Waals surface area contributed by atoms with Gasteiger partial charge in [0.25, 0.3) is 0 Å². The Morgan fingerprint density at radius 1 is 1.24 bits per heavy atom. The van der Waals surface area contributed by atoms with Gasteiger partial charge in [-0.25, -0.2) is 0 Å². The monoisotopic (exact) mass is 327 g/mol. The normalized spacial score (nSPS) is 12.0. The summed E-state index contributed by atoms with van der Waals surface area (Å²) in [6.45, 7) is 1.60. The molecule has 0 heterocycles. The van der Waals surface area contributed by atoms with E-state index in [0.717, 1.165) is 0 Å². The van der Waals surface area contributed by atoms with Gasteiger partial charge < -0.3 is 9.84 Å². The molecule has 0 saturated heterocycles. The summed E-state index contributed by atoms with van der Waals surface area (Å²) in [5.74, 6) is 0.146. The fourth-order valence-corrected chi connectivity index (χ4v) is 2.15. The van der Waals surface area contributed by atoms with E-state index in [1.165, 1.54) is 30.3 Å². The summed E-state index contributed by atoms with van der Waals surface area (Å²) in [6, 6.07) is 8.92. The number of nitrogens with zero attached hydrogens (tertiary/aromatic N) is 1. The second-order valence-corrected chi connectivity index (χ2v) is 5.13. The van der Waals surface area contributed by atoms with Crippen molar-refractivity contribution in [1.82, 2.24) is 0 Å². The molecule has 0 spiro atoms. The van der Waals surface area contributed by atoms with E-state index < -0.39 is 11.0 Å². The highest BCUT2D eigenvalue weighted by molar-refractivity contribution is 6.33. The van der Waals surface area contributed by atoms with Crippen LogP contribution in [0.4, 0.5) is 5.69 Å². The molecule has 0 fully saturated rings. The van der Waals surface area contributed by atoms with E-state index in [9.17, 15) is 15.2 Å². The van der Waals surface area contributed by atoms with Crippen LogP contribution < -0.4 is 4.74 Å². The molecule has 110 valence electrons. The van der Waals surface area contributed by atoms with Crippen LogP contribution in [0.15, 0.2) is 36.4 Å². The van der Waals surface area contributed by atoms with E-state index in [4.69, 9.17) is 27.9 Å². The van der Waals surface area contributed by atoms with Crippen molar-refractivity contribution in [3.8, 4) is 11.5 Å². The second-order valence-electron chi connectivity index (χ2n) is 4.31. The fraction of sp³-hybridized carbons (Fsp3) is 0.143. The molecule has 5 nitrogen and oxygen atoms in total. The highest BCUT2D eigenvalue weighted by Crippen LogP contribution is 2.40. The summed E-state index contributed by atoms with van der Waals surface area (Å²) in [5, 5.41) is 20.8. The largest absolute Gasteiger partial charge is 0.447 e. The number of hydrogen-bond donors (Lipinski definition) is 1. The van der Waals surface area contributed by atoms with E-state index in [-0.39, 0.29) is 27.2 Å². The molecule has 2 aromatic carbocycles. The standard InChI is InChI=1S/C14H11Cl2NO4/c1-8(18)9-5-6-13(11(16)7-9)21-14-10(15)3-2-4-12(14)17(19)20/h2-8,18H,1H3/t8-/m0/s1. The third-order valence-corrected chi connectivity index (χ3v) is 3.39. The molecule has 0 aliphatic rings. The lowest BCUT2D eigenvalue weighted by Crippen LogP contribution is -1.96. The van der Waals surface area contributed by atoms with Gasteiger partial charge >= 0.3 is 5.69 Å². The van der Waals surface area contributed by atoms with Crippen molar-refractivity contribution in [2.45, 2.75) is 13.0 Å². The number of benzene rings is 2. The third kappa shape index (κ3) is 3.44. The van der Waals surface area contributed by atoms with Crippen molar-refractivity contribution >= 4 is 28.9 Å². The minimum atomic E-state index is -0.675. The van der Waals surface area contributed by atoms with Crippen LogP contribution in [0.5, 0.6) is 11.5 Å². The summed E-state index contributed by atoms with van der Waals surface area (Å²) in [6.07, 6.45) is -0.675. The molecule has 1 atom stereocenters. The van der Waals surface area contributed by atoms with Gasteiger partial charge in [-0.05, 0) is 30.7 Å². The number of hydrogen-bond acceptors (Lipinski definition) is 4. The number of aliphatic hydroxyl groups excluding tert-OH is 1. The van der Waals surface area contributed by atoms with Gasteiger partial charge in [-0.2, -0.15) is 0 Å². The van der Waals surface area contributed by atoms with Crippen molar-refractivity contribution < 1.29 is 14.8 Å². The van der Waals surface area contributed by atoms with Crippen molar-refractivity contribution in [3.05, 3.63) is 62.1 Å². The summed E-state index contributed by atoms with van der Waals surface area (Å²) >= 11 is 12.0. The van der Waals surface area contributed by atoms with Gasteiger partial charge in [0.2, 0.25) is 5.75 Å². The van der Waals surface area contributed by atoms with Crippen molar-refractivity contribution in [1.29, 1.82) is 0 Å². The molecular formula is C14H11Cl2NO4. The molecule has 1 N–H and O–H groups in total. The fourth-order valence-electron chi connectivity index (χ4n) is 1.71. The molecule has 2 aromatic rings. The Morgan fingerprint density at radius 2 is 1.95 bits per heavy atom. The lowest BCUT2D eigenvalue weighted by atomic mass is 10.1. The van der Waals surface area contributed by atoms with Gasteiger partial charge in [0.1, 0.15) is 5.75 Å². The Bertz CT molecular complexity index is 689. The third-order valence-electron chi connectivity index (χ3n) is 2.79. The minimum Gasteiger partial charge on any atom is -0.447 e. The van der Waals surface area contributed by atoms with Crippen LogP contribution in [0.25, 0.3) is 0 Å². The van der Waals surface area contributed by atoms with Crippen molar-refractivity contribution in [2.75, 3.05) is 0 Å². The molecular weight excluding hydrogens is 317 g/mol. The van der Waals surface area contributed by atoms with E-state index >= 15 is 0 Å². The maximum atomic E-state index is 11.0. The predicted octanol–water partition coefficient (Wildman–Crippen LogP) is 4.75. The minimum absolute atomic E-state index is 0.0733. The van der Waals surface area contributed by atoms with Gasteiger partial charge in [0.05, 0.1) is 21.1 Å². The lowest BCUT2D eigenvalue weighted by Gasteiger charge is -2.11. The Morgan fingerprint density at radius 3 is 2.52 bits per heavy atom. The zero-order chi connectivity index (χ0) is 15.6. The molecule has 0 saturated carbocycles. The van der Waals surface area contributed by atoms with Crippen molar-refractivity contribution in [2.24, 2.45) is 0 Å². The zero-order valence-electron chi connectivity index (χ0n) is 10.9. The molecule has 0 unspecified atom stereocenters. The number of halogens is 2. The van der Waals surface area contributed by atoms with Crippen LogP contribution in [-0.4, -0.2) is 10.0 Å². The maximum absolute atomic E-state index is 11.0. The molecule has 0 aliphatic carbocycles.